The standard InChI is InChI=1S/C13H19N3/c1-3-10(4-2)12(14)16-13(15)11-8-6-5-7-9-11/h3-4,8H,1,5-7,9H2,2H3,(H3,14,15,16)/b10-4+. The Morgan fingerprint density at radius 2 is 2.31 bits per heavy atom. The summed E-state index contributed by atoms with van der Waals surface area (Å²) in [6.07, 6.45) is 9.92. The molecule has 0 unspecified atom stereocenters. The number of nitrogens with zero attached hydrogens (tertiary/aromatic N) is 1. The number of aliphatic imine (C=N–C) groups is 1. The molecule has 0 aromatic carbocycles. The first kappa shape index (κ1) is 12.4. The fourth-order valence-corrected chi connectivity index (χ4v) is 1.68. The maximum absolute atomic E-state index is 7.86. The second-order valence-electron chi connectivity index (χ2n) is 3.77. The first-order valence-corrected chi connectivity index (χ1v) is 5.60. The number of hydrogen-bond acceptors (Lipinski definition) is 1. The first-order chi connectivity index (χ1) is 7.69. The van der Waals surface area contributed by atoms with Crippen molar-refractivity contribution >= 4 is 11.7 Å². The van der Waals surface area contributed by atoms with Gasteiger partial charge in [0.05, 0.1) is 0 Å². The SMILES string of the molecule is C=C/C(=C\C)C(N)=NC(=N)C1=CCCCC1. The molecule has 0 fully saturated rings. The van der Waals surface area contributed by atoms with Crippen molar-refractivity contribution in [1.82, 2.24) is 0 Å². The monoisotopic (exact) mass is 217 g/mol. The van der Waals surface area contributed by atoms with E-state index in [1.54, 1.807) is 6.08 Å². The molecule has 0 spiro atoms. The van der Waals surface area contributed by atoms with Crippen LogP contribution < -0.4 is 5.73 Å². The molecule has 0 saturated carbocycles. The quantitative estimate of drug-likeness (QED) is 0.426. The molecule has 0 amide bonds. The highest BCUT2D eigenvalue weighted by Crippen LogP contribution is 2.18. The zero-order valence-corrected chi connectivity index (χ0v) is 9.79. The molecule has 86 valence electrons. The van der Waals surface area contributed by atoms with Gasteiger partial charge in [-0.05, 0) is 38.2 Å². The smallest absolute Gasteiger partial charge is 0.149 e. The molecule has 3 N–H and O–H groups in total. The fraction of sp³-hybridized carbons (Fsp3) is 0.385. The predicted octanol–water partition coefficient (Wildman–Crippen LogP) is 2.95. The van der Waals surface area contributed by atoms with Gasteiger partial charge in [0, 0.05) is 5.57 Å². The second-order valence-corrected chi connectivity index (χ2v) is 3.77. The normalized spacial score (nSPS) is 17.9. The summed E-state index contributed by atoms with van der Waals surface area (Å²) in [7, 11) is 0. The lowest BCUT2D eigenvalue weighted by atomic mass is 9.99. The lowest BCUT2D eigenvalue weighted by molar-refractivity contribution is 0.716. The van der Waals surface area contributed by atoms with Crippen molar-refractivity contribution in [3.8, 4) is 0 Å². The topological polar surface area (TPSA) is 62.2 Å². The zero-order valence-electron chi connectivity index (χ0n) is 9.79. The van der Waals surface area contributed by atoms with Gasteiger partial charge in [-0.1, -0.05) is 24.8 Å². The van der Waals surface area contributed by atoms with Gasteiger partial charge in [-0.2, -0.15) is 0 Å². The van der Waals surface area contributed by atoms with Crippen LogP contribution in [0.15, 0.2) is 40.9 Å². The van der Waals surface area contributed by atoms with Gasteiger partial charge in [-0.15, -0.1) is 0 Å². The summed E-state index contributed by atoms with van der Waals surface area (Å²) >= 11 is 0. The highest BCUT2D eigenvalue weighted by atomic mass is 14.9. The molecule has 0 aromatic heterocycles. The van der Waals surface area contributed by atoms with Gasteiger partial charge in [0.2, 0.25) is 0 Å². The molecular formula is C13H19N3. The molecule has 0 atom stereocenters. The molecule has 0 bridgehead atoms. The van der Waals surface area contributed by atoms with E-state index in [0.29, 0.717) is 11.7 Å². The van der Waals surface area contributed by atoms with Crippen LogP contribution in [0, 0.1) is 5.41 Å². The third kappa shape index (κ3) is 3.19. The van der Waals surface area contributed by atoms with Gasteiger partial charge in [-0.25, -0.2) is 4.99 Å². The van der Waals surface area contributed by atoms with E-state index < -0.39 is 0 Å². The van der Waals surface area contributed by atoms with Crippen molar-refractivity contribution in [1.29, 1.82) is 5.41 Å². The first-order valence-electron chi connectivity index (χ1n) is 5.60. The van der Waals surface area contributed by atoms with Crippen LogP contribution in [-0.2, 0) is 0 Å². The maximum Gasteiger partial charge on any atom is 0.149 e. The Labute approximate surface area is 97.0 Å². The lowest BCUT2D eigenvalue weighted by Gasteiger charge is -2.11. The number of rotatable bonds is 3. The zero-order chi connectivity index (χ0) is 12.0. The fourth-order valence-electron chi connectivity index (χ4n) is 1.68. The van der Waals surface area contributed by atoms with Crippen LogP contribution in [0.3, 0.4) is 0 Å². The van der Waals surface area contributed by atoms with Gasteiger partial charge in [0.15, 0.2) is 0 Å². The average molecular weight is 217 g/mol. The minimum atomic E-state index is 0.290. The minimum Gasteiger partial charge on any atom is -0.383 e. The maximum atomic E-state index is 7.86. The van der Waals surface area contributed by atoms with Gasteiger partial charge < -0.3 is 5.73 Å². The Bertz CT molecular complexity index is 373. The average Bonchev–Trinajstić information content (AvgIpc) is 2.31. The Kier molecular flexibility index (Phi) is 4.70. The summed E-state index contributed by atoms with van der Waals surface area (Å²) in [5.41, 5.74) is 7.58. The van der Waals surface area contributed by atoms with E-state index in [1.807, 2.05) is 13.0 Å². The van der Waals surface area contributed by atoms with Crippen LogP contribution >= 0.6 is 0 Å². The molecule has 1 aliphatic carbocycles. The van der Waals surface area contributed by atoms with Crippen LogP contribution in [0.1, 0.15) is 32.6 Å². The predicted molar refractivity (Wildman–Crippen MR) is 69.9 cm³/mol. The summed E-state index contributed by atoms with van der Waals surface area (Å²) in [5, 5.41) is 7.86. The number of amidine groups is 2. The van der Waals surface area contributed by atoms with Crippen molar-refractivity contribution in [2.24, 2.45) is 10.7 Å². The number of nitrogens with two attached hydrogens (primary N) is 1. The van der Waals surface area contributed by atoms with E-state index in [2.05, 4.69) is 17.6 Å². The number of allylic oxidation sites excluding steroid dienone is 2. The third-order valence-corrected chi connectivity index (χ3v) is 2.65. The van der Waals surface area contributed by atoms with E-state index >= 15 is 0 Å². The molecule has 0 heterocycles. The lowest BCUT2D eigenvalue weighted by Crippen LogP contribution is -2.17. The summed E-state index contributed by atoms with van der Waals surface area (Å²) < 4.78 is 0. The molecule has 1 aliphatic rings. The van der Waals surface area contributed by atoms with E-state index in [4.69, 9.17) is 11.1 Å². The van der Waals surface area contributed by atoms with E-state index in [0.717, 1.165) is 30.4 Å². The molecule has 0 aliphatic heterocycles. The highest BCUT2D eigenvalue weighted by molar-refractivity contribution is 6.10. The van der Waals surface area contributed by atoms with Crippen LogP contribution in [0.2, 0.25) is 0 Å². The molecule has 0 saturated heterocycles. The van der Waals surface area contributed by atoms with Crippen LogP contribution in [0.5, 0.6) is 0 Å². The van der Waals surface area contributed by atoms with Crippen molar-refractivity contribution in [3.63, 3.8) is 0 Å². The second kappa shape index (κ2) is 6.05. The summed E-state index contributed by atoms with van der Waals surface area (Å²) in [5.74, 6) is 0.660. The number of nitrogens with one attached hydrogen (secondary N) is 1. The molecule has 0 aromatic rings. The van der Waals surface area contributed by atoms with Gasteiger partial charge in [0.25, 0.3) is 0 Å². The van der Waals surface area contributed by atoms with E-state index in [9.17, 15) is 0 Å². The molecular weight excluding hydrogens is 198 g/mol. The Balaban J connectivity index is 2.79. The van der Waals surface area contributed by atoms with Crippen LogP contribution in [-0.4, -0.2) is 11.7 Å². The Morgan fingerprint density at radius 3 is 2.81 bits per heavy atom. The Morgan fingerprint density at radius 1 is 1.56 bits per heavy atom. The Hall–Kier alpha value is -1.64. The van der Waals surface area contributed by atoms with Crippen LogP contribution in [0.25, 0.3) is 0 Å². The van der Waals surface area contributed by atoms with E-state index in [1.165, 1.54) is 6.42 Å². The molecule has 3 nitrogen and oxygen atoms in total. The summed E-state index contributed by atoms with van der Waals surface area (Å²) in [6.45, 7) is 5.54. The molecule has 3 heteroatoms. The molecule has 16 heavy (non-hydrogen) atoms. The van der Waals surface area contributed by atoms with E-state index in [-0.39, 0.29) is 0 Å². The van der Waals surface area contributed by atoms with Gasteiger partial charge >= 0.3 is 0 Å². The highest BCUT2D eigenvalue weighted by Gasteiger charge is 2.09. The van der Waals surface area contributed by atoms with Gasteiger partial charge in [-0.3, -0.25) is 5.41 Å². The minimum absolute atomic E-state index is 0.290. The van der Waals surface area contributed by atoms with Crippen LogP contribution in [0.4, 0.5) is 0 Å². The summed E-state index contributed by atoms with van der Waals surface area (Å²) in [4.78, 5) is 4.11. The number of hydrogen-bond donors (Lipinski definition) is 2. The van der Waals surface area contributed by atoms with Crippen molar-refractivity contribution in [3.05, 3.63) is 36.0 Å². The van der Waals surface area contributed by atoms with Gasteiger partial charge in [0.1, 0.15) is 11.7 Å². The van der Waals surface area contributed by atoms with Crippen molar-refractivity contribution in [2.75, 3.05) is 0 Å². The summed E-state index contributed by atoms with van der Waals surface area (Å²) in [6, 6.07) is 0. The van der Waals surface area contributed by atoms with Crippen molar-refractivity contribution < 1.29 is 0 Å². The molecule has 0 radical (unpaired) electrons. The van der Waals surface area contributed by atoms with Crippen molar-refractivity contribution in [2.45, 2.75) is 32.6 Å². The largest absolute Gasteiger partial charge is 0.383 e. The molecule has 1 rings (SSSR count). The third-order valence-electron chi connectivity index (χ3n) is 2.65.